The molecule has 1 saturated heterocycles. The number of nitrogens with zero attached hydrogens (tertiary/aromatic N) is 3. The number of methoxy groups -OCH3 is 1. The van der Waals surface area contributed by atoms with Crippen molar-refractivity contribution in [2.75, 3.05) is 20.4 Å². The van der Waals surface area contributed by atoms with E-state index in [4.69, 9.17) is 14.0 Å². The molecule has 1 fully saturated rings. The fourth-order valence-electron chi connectivity index (χ4n) is 2.62. The molecule has 1 aliphatic rings. The van der Waals surface area contributed by atoms with Crippen LogP contribution < -0.4 is 5.56 Å². The predicted octanol–water partition coefficient (Wildman–Crippen LogP) is 0.254. The SMILES string of the molecule is COC[C@H]1O[C@@H](n2cnc3c(=O)[nH]cnc32)C[C@H]1O[P@](C)(=O)O. The summed E-state index contributed by atoms with van der Waals surface area (Å²) in [6.45, 7) is 1.33. The maximum absolute atomic E-state index is 11.7. The quantitative estimate of drug-likeness (QED) is 0.739. The molecule has 0 unspecified atom stereocenters. The average molecular weight is 344 g/mol. The van der Waals surface area contributed by atoms with E-state index in [9.17, 15) is 14.3 Å². The van der Waals surface area contributed by atoms with Gasteiger partial charge in [-0.2, -0.15) is 0 Å². The summed E-state index contributed by atoms with van der Waals surface area (Å²) in [4.78, 5) is 31.7. The molecule has 3 rings (SSSR count). The molecule has 2 aromatic rings. The number of aromatic amines is 1. The van der Waals surface area contributed by atoms with Gasteiger partial charge in [0.2, 0.25) is 0 Å². The van der Waals surface area contributed by atoms with Crippen LogP contribution in [0.3, 0.4) is 0 Å². The summed E-state index contributed by atoms with van der Waals surface area (Å²) in [5.74, 6) is 0. The topological polar surface area (TPSA) is 129 Å². The van der Waals surface area contributed by atoms with Gasteiger partial charge in [-0.3, -0.25) is 13.9 Å². The Labute approximate surface area is 130 Å². The Bertz CT molecular complexity index is 798. The van der Waals surface area contributed by atoms with E-state index in [-0.39, 0.29) is 17.7 Å². The normalized spacial score (nSPS) is 27.3. The number of aromatic nitrogens is 4. The van der Waals surface area contributed by atoms with Gasteiger partial charge < -0.3 is 23.9 Å². The first-order valence-electron chi connectivity index (χ1n) is 6.92. The third kappa shape index (κ3) is 3.36. The lowest BCUT2D eigenvalue weighted by atomic mass is 10.2. The third-order valence-corrected chi connectivity index (χ3v) is 4.18. The molecule has 4 atom stereocenters. The highest BCUT2D eigenvalue weighted by Crippen LogP contribution is 2.44. The molecule has 3 heterocycles. The minimum absolute atomic E-state index is 0.201. The third-order valence-electron chi connectivity index (χ3n) is 3.52. The number of fused-ring (bicyclic) bond motifs is 1. The molecule has 0 saturated carbocycles. The molecule has 0 amide bonds. The minimum atomic E-state index is -3.67. The van der Waals surface area contributed by atoms with E-state index in [2.05, 4.69) is 15.0 Å². The Morgan fingerprint density at radius 3 is 3.04 bits per heavy atom. The second-order valence-electron chi connectivity index (χ2n) is 5.32. The van der Waals surface area contributed by atoms with Crippen LogP contribution in [-0.4, -0.2) is 57.0 Å². The number of nitrogens with one attached hydrogen (secondary N) is 1. The second-order valence-corrected chi connectivity index (χ2v) is 7.14. The van der Waals surface area contributed by atoms with Crippen molar-refractivity contribution in [1.82, 2.24) is 19.5 Å². The molecule has 0 bridgehead atoms. The van der Waals surface area contributed by atoms with Crippen molar-refractivity contribution < 1.29 is 23.5 Å². The summed E-state index contributed by atoms with van der Waals surface area (Å²) in [5.41, 5.74) is 0.229. The molecule has 2 aromatic heterocycles. The highest BCUT2D eigenvalue weighted by Gasteiger charge is 2.40. The van der Waals surface area contributed by atoms with Crippen LogP contribution >= 0.6 is 7.60 Å². The van der Waals surface area contributed by atoms with Crippen molar-refractivity contribution in [3.05, 3.63) is 23.0 Å². The summed E-state index contributed by atoms with van der Waals surface area (Å²) in [6.07, 6.45) is 1.41. The number of rotatable bonds is 5. The molecule has 0 aromatic carbocycles. The van der Waals surface area contributed by atoms with Gasteiger partial charge in [-0.15, -0.1) is 0 Å². The van der Waals surface area contributed by atoms with Gasteiger partial charge in [0.25, 0.3) is 5.56 Å². The summed E-state index contributed by atoms with van der Waals surface area (Å²) >= 11 is 0. The van der Waals surface area contributed by atoms with Crippen molar-refractivity contribution in [3.8, 4) is 0 Å². The number of ether oxygens (including phenoxy) is 2. The maximum Gasteiger partial charge on any atom is 0.325 e. The van der Waals surface area contributed by atoms with E-state index in [0.717, 1.165) is 6.66 Å². The van der Waals surface area contributed by atoms with Gasteiger partial charge in [0.15, 0.2) is 11.2 Å². The van der Waals surface area contributed by atoms with E-state index in [1.807, 2.05) is 0 Å². The Kier molecular flexibility index (Phi) is 4.35. The van der Waals surface area contributed by atoms with Gasteiger partial charge in [-0.25, -0.2) is 9.97 Å². The maximum atomic E-state index is 11.7. The van der Waals surface area contributed by atoms with E-state index in [1.165, 1.54) is 19.8 Å². The van der Waals surface area contributed by atoms with Crippen LogP contribution in [0.15, 0.2) is 17.4 Å². The average Bonchev–Trinajstić information content (AvgIpc) is 3.03. The fraction of sp³-hybridized carbons (Fsp3) is 0.583. The van der Waals surface area contributed by atoms with Crippen LogP contribution in [0.2, 0.25) is 0 Å². The zero-order valence-electron chi connectivity index (χ0n) is 12.6. The van der Waals surface area contributed by atoms with E-state index in [0.29, 0.717) is 12.1 Å². The molecule has 1 aliphatic heterocycles. The molecule has 0 aliphatic carbocycles. The molecular weight excluding hydrogens is 327 g/mol. The Balaban J connectivity index is 1.89. The van der Waals surface area contributed by atoms with Gasteiger partial charge in [0.1, 0.15) is 12.3 Å². The molecular formula is C12H17N4O6P. The number of imidazole rings is 1. The van der Waals surface area contributed by atoms with Crippen LogP contribution in [0.25, 0.3) is 11.2 Å². The Morgan fingerprint density at radius 1 is 1.57 bits per heavy atom. The summed E-state index contributed by atoms with van der Waals surface area (Å²) < 4.78 is 29.3. The predicted molar refractivity (Wildman–Crippen MR) is 79.2 cm³/mol. The summed E-state index contributed by atoms with van der Waals surface area (Å²) in [5, 5.41) is 0. The lowest BCUT2D eigenvalue weighted by Gasteiger charge is -2.19. The smallest absolute Gasteiger partial charge is 0.325 e. The van der Waals surface area contributed by atoms with Gasteiger partial charge in [0, 0.05) is 20.2 Å². The fourth-order valence-corrected chi connectivity index (χ4v) is 3.35. The van der Waals surface area contributed by atoms with Gasteiger partial charge in [0.05, 0.1) is 25.4 Å². The molecule has 126 valence electrons. The second kappa shape index (κ2) is 6.14. The van der Waals surface area contributed by atoms with Crippen LogP contribution in [0.1, 0.15) is 12.6 Å². The zero-order chi connectivity index (χ0) is 16.6. The zero-order valence-corrected chi connectivity index (χ0v) is 13.5. The highest BCUT2D eigenvalue weighted by molar-refractivity contribution is 7.51. The van der Waals surface area contributed by atoms with Crippen LogP contribution in [0, 0.1) is 0 Å². The standard InChI is InChI=1S/C12H17N4O6P/c1-20-4-8-7(22-23(2,18)19)3-9(21-8)16-6-15-10-11(16)13-5-14-12(10)17/h5-9H,3-4H2,1-2H3,(H,18,19)(H,13,14,17)/t7-,8-,9-/m1/s1. The van der Waals surface area contributed by atoms with Crippen LogP contribution in [0.5, 0.6) is 0 Å². The lowest BCUT2D eigenvalue weighted by molar-refractivity contribution is -0.0493. The number of H-pyrrole nitrogens is 1. The first kappa shape index (κ1) is 16.3. The molecule has 23 heavy (non-hydrogen) atoms. The summed E-state index contributed by atoms with van der Waals surface area (Å²) in [7, 11) is -2.16. The number of hydrogen-bond acceptors (Lipinski definition) is 7. The van der Waals surface area contributed by atoms with Crippen molar-refractivity contribution in [1.29, 1.82) is 0 Å². The van der Waals surface area contributed by atoms with Crippen LogP contribution in [0.4, 0.5) is 0 Å². The molecule has 0 spiro atoms. The monoisotopic (exact) mass is 344 g/mol. The lowest BCUT2D eigenvalue weighted by Crippen LogP contribution is -2.27. The van der Waals surface area contributed by atoms with Gasteiger partial charge >= 0.3 is 7.60 Å². The van der Waals surface area contributed by atoms with E-state index >= 15 is 0 Å². The molecule has 11 heteroatoms. The van der Waals surface area contributed by atoms with Crippen molar-refractivity contribution in [2.24, 2.45) is 0 Å². The molecule has 0 radical (unpaired) electrons. The summed E-state index contributed by atoms with van der Waals surface area (Å²) in [6, 6.07) is 0. The van der Waals surface area contributed by atoms with Crippen molar-refractivity contribution >= 4 is 18.8 Å². The Hall–Kier alpha value is -1.58. The number of hydrogen-bond donors (Lipinski definition) is 2. The van der Waals surface area contributed by atoms with E-state index in [1.54, 1.807) is 4.57 Å². The Morgan fingerprint density at radius 2 is 2.35 bits per heavy atom. The first-order chi connectivity index (χ1) is 10.9. The van der Waals surface area contributed by atoms with Crippen LogP contribution in [-0.2, 0) is 18.6 Å². The largest absolute Gasteiger partial charge is 0.382 e. The highest BCUT2D eigenvalue weighted by atomic mass is 31.2. The van der Waals surface area contributed by atoms with Crippen molar-refractivity contribution in [2.45, 2.75) is 24.9 Å². The van der Waals surface area contributed by atoms with Gasteiger partial charge in [-0.05, 0) is 0 Å². The van der Waals surface area contributed by atoms with Gasteiger partial charge in [-0.1, -0.05) is 0 Å². The van der Waals surface area contributed by atoms with Crippen molar-refractivity contribution in [3.63, 3.8) is 0 Å². The molecule has 2 N–H and O–H groups in total. The molecule has 10 nitrogen and oxygen atoms in total. The first-order valence-corrected chi connectivity index (χ1v) is 8.95. The van der Waals surface area contributed by atoms with E-state index < -0.39 is 26.0 Å². The minimum Gasteiger partial charge on any atom is -0.382 e.